The SMILES string of the molecule is C[C@@H](CNC(=O)c1ccc(F)c2ccccc12)c1ccccc1. The first-order chi connectivity index (χ1) is 11.2. The van der Waals surface area contributed by atoms with Gasteiger partial charge in [0.15, 0.2) is 0 Å². The molecule has 1 amide bonds. The topological polar surface area (TPSA) is 29.1 Å². The van der Waals surface area contributed by atoms with Crippen molar-refractivity contribution in [2.45, 2.75) is 12.8 Å². The number of nitrogens with one attached hydrogen (secondary N) is 1. The van der Waals surface area contributed by atoms with Crippen molar-refractivity contribution in [3.63, 3.8) is 0 Å². The number of fused-ring (bicyclic) bond motifs is 1. The summed E-state index contributed by atoms with van der Waals surface area (Å²) in [5, 5.41) is 4.05. The zero-order valence-electron chi connectivity index (χ0n) is 12.9. The quantitative estimate of drug-likeness (QED) is 0.755. The van der Waals surface area contributed by atoms with Crippen LogP contribution in [0.4, 0.5) is 4.39 Å². The van der Waals surface area contributed by atoms with Gasteiger partial charge in [0.2, 0.25) is 0 Å². The van der Waals surface area contributed by atoms with Gasteiger partial charge in [-0.2, -0.15) is 0 Å². The predicted octanol–water partition coefficient (Wildman–Crippen LogP) is 4.51. The maximum Gasteiger partial charge on any atom is 0.251 e. The number of hydrogen-bond donors (Lipinski definition) is 1. The number of rotatable bonds is 4. The van der Waals surface area contributed by atoms with Gasteiger partial charge in [0, 0.05) is 17.5 Å². The molecule has 0 aliphatic heterocycles. The number of halogens is 1. The van der Waals surface area contributed by atoms with E-state index in [1.165, 1.54) is 11.6 Å². The average Bonchev–Trinajstić information content (AvgIpc) is 2.60. The van der Waals surface area contributed by atoms with Crippen molar-refractivity contribution in [3.8, 4) is 0 Å². The molecule has 2 nitrogen and oxygen atoms in total. The lowest BCUT2D eigenvalue weighted by Gasteiger charge is -2.14. The maximum atomic E-state index is 13.8. The Hall–Kier alpha value is -2.68. The summed E-state index contributed by atoms with van der Waals surface area (Å²) >= 11 is 0. The minimum Gasteiger partial charge on any atom is -0.351 e. The zero-order chi connectivity index (χ0) is 16.2. The molecule has 0 saturated carbocycles. The Morgan fingerprint density at radius 3 is 2.35 bits per heavy atom. The monoisotopic (exact) mass is 307 g/mol. The van der Waals surface area contributed by atoms with Crippen LogP contribution in [0.25, 0.3) is 10.8 Å². The van der Waals surface area contributed by atoms with Crippen LogP contribution in [-0.4, -0.2) is 12.5 Å². The van der Waals surface area contributed by atoms with E-state index >= 15 is 0 Å². The molecule has 0 aliphatic rings. The van der Waals surface area contributed by atoms with Gasteiger partial charge in [0.1, 0.15) is 5.82 Å². The molecule has 116 valence electrons. The lowest BCUT2D eigenvalue weighted by molar-refractivity contribution is 0.0953. The van der Waals surface area contributed by atoms with Crippen molar-refractivity contribution in [1.82, 2.24) is 5.32 Å². The van der Waals surface area contributed by atoms with Crippen LogP contribution in [-0.2, 0) is 0 Å². The molecule has 0 unspecified atom stereocenters. The normalized spacial score (nSPS) is 12.1. The van der Waals surface area contributed by atoms with Crippen molar-refractivity contribution >= 4 is 16.7 Å². The molecular weight excluding hydrogens is 289 g/mol. The molecule has 0 saturated heterocycles. The fourth-order valence-electron chi connectivity index (χ4n) is 2.70. The second-order valence-corrected chi connectivity index (χ2v) is 5.66. The molecule has 0 bridgehead atoms. The van der Waals surface area contributed by atoms with Crippen LogP contribution in [0.5, 0.6) is 0 Å². The Bertz CT molecular complexity index is 829. The van der Waals surface area contributed by atoms with Gasteiger partial charge in [-0.1, -0.05) is 61.5 Å². The van der Waals surface area contributed by atoms with Crippen molar-refractivity contribution in [1.29, 1.82) is 0 Å². The van der Waals surface area contributed by atoms with E-state index in [2.05, 4.69) is 12.2 Å². The Kier molecular flexibility index (Phi) is 4.38. The first kappa shape index (κ1) is 15.2. The molecule has 0 heterocycles. The molecule has 0 aliphatic carbocycles. The summed E-state index contributed by atoms with van der Waals surface area (Å²) in [6, 6.07) is 20.0. The highest BCUT2D eigenvalue weighted by molar-refractivity contribution is 6.07. The van der Waals surface area contributed by atoms with E-state index in [0.29, 0.717) is 22.9 Å². The molecule has 3 aromatic carbocycles. The highest BCUT2D eigenvalue weighted by Crippen LogP contribution is 2.22. The van der Waals surface area contributed by atoms with E-state index < -0.39 is 0 Å². The Morgan fingerprint density at radius 2 is 1.61 bits per heavy atom. The third-order valence-electron chi connectivity index (χ3n) is 4.05. The molecule has 3 aromatic rings. The minimum atomic E-state index is -0.310. The van der Waals surface area contributed by atoms with Gasteiger partial charge in [-0.05, 0) is 29.0 Å². The van der Waals surface area contributed by atoms with E-state index in [1.54, 1.807) is 24.3 Å². The summed E-state index contributed by atoms with van der Waals surface area (Å²) in [5.41, 5.74) is 1.68. The van der Waals surface area contributed by atoms with Gasteiger partial charge in [0.25, 0.3) is 5.91 Å². The van der Waals surface area contributed by atoms with E-state index in [1.807, 2.05) is 36.4 Å². The molecule has 3 rings (SSSR count). The summed E-state index contributed by atoms with van der Waals surface area (Å²) in [7, 11) is 0. The van der Waals surface area contributed by atoms with Crippen molar-refractivity contribution in [2.24, 2.45) is 0 Å². The van der Waals surface area contributed by atoms with Crippen LogP contribution in [0.2, 0.25) is 0 Å². The summed E-state index contributed by atoms with van der Waals surface area (Å²) in [5.74, 6) is -0.273. The zero-order valence-corrected chi connectivity index (χ0v) is 12.9. The predicted molar refractivity (Wildman–Crippen MR) is 91.1 cm³/mol. The number of amides is 1. The molecule has 1 atom stereocenters. The van der Waals surface area contributed by atoms with Gasteiger partial charge >= 0.3 is 0 Å². The molecule has 0 fully saturated rings. The smallest absolute Gasteiger partial charge is 0.251 e. The second kappa shape index (κ2) is 6.61. The van der Waals surface area contributed by atoms with Gasteiger partial charge in [-0.3, -0.25) is 4.79 Å². The van der Waals surface area contributed by atoms with Crippen LogP contribution >= 0.6 is 0 Å². The summed E-state index contributed by atoms with van der Waals surface area (Å²) in [4.78, 5) is 12.5. The standard InChI is InChI=1S/C20H18FNO/c1-14(15-7-3-2-4-8-15)13-22-20(23)18-11-12-19(21)17-10-6-5-9-16(17)18/h2-12,14H,13H2,1H3,(H,22,23)/t14-/m0/s1. The van der Waals surface area contributed by atoms with Crippen LogP contribution in [0.3, 0.4) is 0 Å². The molecule has 0 spiro atoms. The number of hydrogen-bond acceptors (Lipinski definition) is 1. The van der Waals surface area contributed by atoms with Crippen LogP contribution in [0.1, 0.15) is 28.8 Å². The lowest BCUT2D eigenvalue weighted by Crippen LogP contribution is -2.27. The van der Waals surface area contributed by atoms with Crippen molar-refractivity contribution < 1.29 is 9.18 Å². The van der Waals surface area contributed by atoms with E-state index in [0.717, 1.165) is 0 Å². The van der Waals surface area contributed by atoms with Gasteiger partial charge in [-0.25, -0.2) is 4.39 Å². The third kappa shape index (κ3) is 3.24. The minimum absolute atomic E-state index is 0.177. The summed E-state index contributed by atoms with van der Waals surface area (Å²) in [6.45, 7) is 2.60. The molecule has 23 heavy (non-hydrogen) atoms. The number of carbonyl (C=O) groups excluding carboxylic acids is 1. The van der Waals surface area contributed by atoms with Gasteiger partial charge in [-0.15, -0.1) is 0 Å². The largest absolute Gasteiger partial charge is 0.351 e. The van der Waals surface area contributed by atoms with E-state index in [9.17, 15) is 9.18 Å². The Labute approximate surface area is 135 Å². The van der Waals surface area contributed by atoms with E-state index in [4.69, 9.17) is 0 Å². The average molecular weight is 307 g/mol. The molecular formula is C20H18FNO. The highest BCUT2D eigenvalue weighted by atomic mass is 19.1. The van der Waals surface area contributed by atoms with Gasteiger partial charge in [0.05, 0.1) is 0 Å². The molecule has 3 heteroatoms. The van der Waals surface area contributed by atoms with E-state index in [-0.39, 0.29) is 17.6 Å². The van der Waals surface area contributed by atoms with Crippen LogP contribution in [0, 0.1) is 5.82 Å². The molecule has 1 N–H and O–H groups in total. The van der Waals surface area contributed by atoms with Crippen LogP contribution in [0.15, 0.2) is 66.7 Å². The fraction of sp³-hybridized carbons (Fsp3) is 0.150. The summed E-state index contributed by atoms with van der Waals surface area (Å²) in [6.07, 6.45) is 0. The second-order valence-electron chi connectivity index (χ2n) is 5.66. The highest BCUT2D eigenvalue weighted by Gasteiger charge is 2.13. The van der Waals surface area contributed by atoms with Gasteiger partial charge < -0.3 is 5.32 Å². The first-order valence-electron chi connectivity index (χ1n) is 7.67. The maximum absolute atomic E-state index is 13.8. The van der Waals surface area contributed by atoms with Crippen LogP contribution < -0.4 is 5.32 Å². The first-order valence-corrected chi connectivity index (χ1v) is 7.67. The molecule has 0 radical (unpaired) electrons. The Morgan fingerprint density at radius 1 is 0.957 bits per heavy atom. The molecule has 0 aromatic heterocycles. The summed E-state index contributed by atoms with van der Waals surface area (Å²) < 4.78 is 13.8. The lowest BCUT2D eigenvalue weighted by atomic mass is 10.0. The number of benzene rings is 3. The van der Waals surface area contributed by atoms with Crippen molar-refractivity contribution in [3.05, 3.63) is 83.7 Å². The Balaban J connectivity index is 1.78. The third-order valence-corrected chi connectivity index (χ3v) is 4.05. The van der Waals surface area contributed by atoms with Crippen molar-refractivity contribution in [2.75, 3.05) is 6.54 Å². The fourth-order valence-corrected chi connectivity index (χ4v) is 2.70. The number of carbonyl (C=O) groups is 1.